The quantitative estimate of drug-likeness (QED) is 0.536. The average Bonchev–Trinajstić information content (AvgIpc) is 2.85. The van der Waals surface area contributed by atoms with Crippen molar-refractivity contribution in [2.45, 2.75) is 25.8 Å². The molecule has 3 N–H and O–H groups in total. The van der Waals surface area contributed by atoms with Gasteiger partial charge in [-0.3, -0.25) is 9.59 Å². The molecule has 2 amide bonds. The highest BCUT2D eigenvalue weighted by Crippen LogP contribution is 2.21. The molecule has 0 unspecified atom stereocenters. The van der Waals surface area contributed by atoms with Gasteiger partial charge in [-0.05, 0) is 23.6 Å². The molecular weight excluding hydrogens is 430 g/mol. The number of carbonyl (C=O) groups is 2. The summed E-state index contributed by atoms with van der Waals surface area (Å²) >= 11 is 0. The zero-order chi connectivity index (χ0) is 23.9. The van der Waals surface area contributed by atoms with Gasteiger partial charge in [0, 0.05) is 31.7 Å². The highest BCUT2D eigenvalue weighted by Gasteiger charge is 2.18. The van der Waals surface area contributed by atoms with E-state index in [2.05, 4.69) is 15.3 Å². The number of ether oxygens (including phenoxy) is 1. The number of nitrogens with two attached hydrogens (primary N) is 1. The molecule has 2 heterocycles. The molecule has 1 aromatic heterocycles. The Balaban J connectivity index is 1.49. The zero-order valence-electron chi connectivity index (χ0n) is 19.2. The van der Waals surface area contributed by atoms with E-state index in [1.807, 2.05) is 66.4 Å². The molecule has 1 atom stereocenters. The maximum Gasteiger partial charge on any atom is 0.254 e. The smallest absolute Gasteiger partial charge is 0.254 e. The minimum Gasteiger partial charge on any atom is -0.378 e. The molecule has 0 radical (unpaired) electrons. The van der Waals surface area contributed by atoms with E-state index >= 15 is 0 Å². The number of benzene rings is 2. The van der Waals surface area contributed by atoms with Gasteiger partial charge in [-0.2, -0.15) is 0 Å². The predicted molar refractivity (Wildman–Crippen MR) is 129 cm³/mol. The van der Waals surface area contributed by atoms with Gasteiger partial charge >= 0.3 is 0 Å². The molecule has 1 aliphatic rings. The van der Waals surface area contributed by atoms with E-state index < -0.39 is 5.91 Å². The van der Waals surface area contributed by atoms with Crippen LogP contribution in [0.1, 0.15) is 45.8 Å². The lowest BCUT2D eigenvalue weighted by Gasteiger charge is -2.26. The minimum atomic E-state index is -0.585. The standard InChI is InChI=1S/C26H29N5O3/c1-18(21-8-3-2-4-9-21)29-26-22(25(27)33)17-28-23(30-26)15-19-6-5-7-20(14-19)16-24(32)31-10-12-34-13-11-31/h2-9,14,17-18H,10-13,15-16H2,1H3,(H2,27,33)(H,28,29,30)/t18-/m1/s1. The van der Waals surface area contributed by atoms with Crippen molar-refractivity contribution in [1.29, 1.82) is 0 Å². The first-order valence-corrected chi connectivity index (χ1v) is 11.4. The molecule has 0 aliphatic carbocycles. The Morgan fingerprint density at radius 2 is 1.82 bits per heavy atom. The third-order valence-corrected chi connectivity index (χ3v) is 5.83. The minimum absolute atomic E-state index is 0.0726. The number of rotatable bonds is 8. The second-order valence-corrected chi connectivity index (χ2v) is 8.36. The molecule has 4 rings (SSSR count). The SMILES string of the molecule is C[C@@H](Nc1nc(Cc2cccc(CC(=O)N3CCOCC3)c2)ncc1C(N)=O)c1ccccc1. The maximum atomic E-state index is 12.6. The number of morpholine rings is 1. The Kier molecular flexibility index (Phi) is 7.49. The lowest BCUT2D eigenvalue weighted by Crippen LogP contribution is -2.41. The molecule has 8 heteroatoms. The summed E-state index contributed by atoms with van der Waals surface area (Å²) in [5.74, 6) is 0.485. The van der Waals surface area contributed by atoms with Crippen molar-refractivity contribution in [3.8, 4) is 0 Å². The fourth-order valence-electron chi connectivity index (χ4n) is 3.96. The molecule has 176 valence electrons. The zero-order valence-corrected chi connectivity index (χ0v) is 19.2. The Hall–Kier alpha value is -3.78. The van der Waals surface area contributed by atoms with Crippen LogP contribution in [0.15, 0.2) is 60.8 Å². The van der Waals surface area contributed by atoms with Crippen LogP contribution in [-0.2, 0) is 22.4 Å². The van der Waals surface area contributed by atoms with Crippen LogP contribution in [0.25, 0.3) is 0 Å². The van der Waals surface area contributed by atoms with Gasteiger partial charge in [0.05, 0.1) is 25.2 Å². The molecule has 8 nitrogen and oxygen atoms in total. The lowest BCUT2D eigenvalue weighted by molar-refractivity contribution is -0.134. The molecule has 0 bridgehead atoms. The van der Waals surface area contributed by atoms with E-state index in [1.165, 1.54) is 6.20 Å². The Morgan fingerprint density at radius 3 is 2.56 bits per heavy atom. The van der Waals surface area contributed by atoms with Crippen molar-refractivity contribution >= 4 is 17.6 Å². The summed E-state index contributed by atoms with van der Waals surface area (Å²) in [6, 6.07) is 17.7. The van der Waals surface area contributed by atoms with Crippen molar-refractivity contribution in [1.82, 2.24) is 14.9 Å². The van der Waals surface area contributed by atoms with Gasteiger partial charge in [0.2, 0.25) is 5.91 Å². The van der Waals surface area contributed by atoms with E-state index in [9.17, 15) is 9.59 Å². The largest absolute Gasteiger partial charge is 0.378 e. The van der Waals surface area contributed by atoms with E-state index in [4.69, 9.17) is 10.5 Å². The van der Waals surface area contributed by atoms with Crippen LogP contribution in [0.4, 0.5) is 5.82 Å². The third kappa shape index (κ3) is 5.96. The van der Waals surface area contributed by atoms with Gasteiger partial charge in [-0.1, -0.05) is 54.6 Å². The first-order chi connectivity index (χ1) is 16.5. The summed E-state index contributed by atoms with van der Waals surface area (Å²) < 4.78 is 5.33. The number of amides is 2. The van der Waals surface area contributed by atoms with Gasteiger partial charge in [0.15, 0.2) is 0 Å². The predicted octanol–water partition coefficient (Wildman–Crippen LogP) is 2.74. The molecule has 1 saturated heterocycles. The highest BCUT2D eigenvalue weighted by atomic mass is 16.5. The van der Waals surface area contributed by atoms with Gasteiger partial charge in [0.25, 0.3) is 5.91 Å². The Morgan fingerprint density at radius 1 is 1.09 bits per heavy atom. The van der Waals surface area contributed by atoms with E-state index in [0.29, 0.717) is 50.8 Å². The summed E-state index contributed by atoms with van der Waals surface area (Å²) in [5, 5.41) is 3.30. The molecule has 0 saturated carbocycles. The van der Waals surface area contributed by atoms with E-state index in [-0.39, 0.29) is 17.5 Å². The topological polar surface area (TPSA) is 110 Å². The number of carbonyl (C=O) groups excluding carboxylic acids is 2. The summed E-state index contributed by atoms with van der Waals surface area (Å²) in [5.41, 5.74) is 8.80. The molecule has 2 aromatic carbocycles. The van der Waals surface area contributed by atoms with Crippen LogP contribution < -0.4 is 11.1 Å². The van der Waals surface area contributed by atoms with E-state index in [0.717, 1.165) is 16.7 Å². The first kappa shape index (κ1) is 23.4. The van der Waals surface area contributed by atoms with Crippen LogP contribution in [0, 0.1) is 0 Å². The number of aromatic nitrogens is 2. The fourth-order valence-corrected chi connectivity index (χ4v) is 3.96. The Bertz CT molecular complexity index is 1150. The number of anilines is 1. The first-order valence-electron chi connectivity index (χ1n) is 11.4. The molecular formula is C26H29N5O3. The fraction of sp³-hybridized carbons (Fsp3) is 0.308. The van der Waals surface area contributed by atoms with Gasteiger partial charge < -0.3 is 20.7 Å². The van der Waals surface area contributed by atoms with Crippen molar-refractivity contribution in [3.05, 3.63) is 88.9 Å². The summed E-state index contributed by atoms with van der Waals surface area (Å²) in [6.45, 7) is 4.44. The normalized spacial score (nSPS) is 14.4. The molecule has 1 fully saturated rings. The average molecular weight is 460 g/mol. The maximum absolute atomic E-state index is 12.6. The van der Waals surface area contributed by atoms with Gasteiger partial charge in [-0.25, -0.2) is 9.97 Å². The van der Waals surface area contributed by atoms with Crippen molar-refractivity contribution in [2.24, 2.45) is 5.73 Å². The van der Waals surface area contributed by atoms with Crippen LogP contribution in [0.2, 0.25) is 0 Å². The van der Waals surface area contributed by atoms with Crippen LogP contribution in [0.3, 0.4) is 0 Å². The van der Waals surface area contributed by atoms with Crippen molar-refractivity contribution in [3.63, 3.8) is 0 Å². The van der Waals surface area contributed by atoms with Crippen LogP contribution >= 0.6 is 0 Å². The molecule has 3 aromatic rings. The number of primary amides is 1. The number of hydrogen-bond donors (Lipinski definition) is 2. The Labute approximate surface area is 199 Å². The van der Waals surface area contributed by atoms with Crippen LogP contribution in [0.5, 0.6) is 0 Å². The molecule has 1 aliphatic heterocycles. The van der Waals surface area contributed by atoms with Gasteiger partial charge in [-0.15, -0.1) is 0 Å². The second kappa shape index (κ2) is 10.9. The summed E-state index contributed by atoms with van der Waals surface area (Å²) in [6.07, 6.45) is 2.28. The number of nitrogens with zero attached hydrogens (tertiary/aromatic N) is 3. The second-order valence-electron chi connectivity index (χ2n) is 8.36. The lowest BCUT2D eigenvalue weighted by atomic mass is 10.0. The third-order valence-electron chi connectivity index (χ3n) is 5.83. The van der Waals surface area contributed by atoms with Crippen molar-refractivity contribution < 1.29 is 14.3 Å². The highest BCUT2D eigenvalue weighted by molar-refractivity contribution is 5.97. The van der Waals surface area contributed by atoms with Crippen LogP contribution in [-0.4, -0.2) is 53.0 Å². The van der Waals surface area contributed by atoms with E-state index in [1.54, 1.807) is 0 Å². The number of nitrogens with one attached hydrogen (secondary N) is 1. The summed E-state index contributed by atoms with van der Waals surface area (Å²) in [7, 11) is 0. The van der Waals surface area contributed by atoms with Crippen molar-refractivity contribution in [2.75, 3.05) is 31.6 Å². The van der Waals surface area contributed by atoms with Gasteiger partial charge in [0.1, 0.15) is 11.6 Å². The number of hydrogen-bond acceptors (Lipinski definition) is 6. The molecule has 34 heavy (non-hydrogen) atoms. The molecule has 0 spiro atoms. The summed E-state index contributed by atoms with van der Waals surface area (Å²) in [4.78, 5) is 35.3. The monoisotopic (exact) mass is 459 g/mol.